The van der Waals surface area contributed by atoms with Crippen molar-refractivity contribution in [1.82, 2.24) is 4.90 Å². The number of aliphatic hydroxyl groups is 2. The van der Waals surface area contributed by atoms with Crippen molar-refractivity contribution >= 4 is 0 Å². The Morgan fingerprint density at radius 1 is 1.06 bits per heavy atom. The minimum absolute atomic E-state index is 0.288. The lowest BCUT2D eigenvalue weighted by atomic mass is 10.1. The molecule has 1 unspecified atom stereocenters. The van der Waals surface area contributed by atoms with E-state index in [1.165, 1.54) is 0 Å². The molecule has 0 aliphatic heterocycles. The number of aliphatic hydroxyl groups excluding tert-OH is 2. The van der Waals surface area contributed by atoms with Crippen LogP contribution in [0.1, 0.15) is 37.4 Å². The van der Waals surface area contributed by atoms with E-state index in [9.17, 15) is 5.11 Å². The predicted molar refractivity (Wildman–Crippen MR) is 74.5 cm³/mol. The van der Waals surface area contributed by atoms with E-state index in [2.05, 4.69) is 11.9 Å². The van der Waals surface area contributed by atoms with Crippen molar-refractivity contribution in [2.45, 2.75) is 31.8 Å². The third-order valence-corrected chi connectivity index (χ3v) is 3.17. The highest BCUT2D eigenvalue weighted by Crippen LogP contribution is 2.16. The molecule has 2 N–H and O–H groups in total. The molecule has 0 heterocycles. The molecule has 1 rings (SSSR count). The summed E-state index contributed by atoms with van der Waals surface area (Å²) < 4.78 is 0. The number of hydrogen-bond donors (Lipinski definition) is 2. The summed E-state index contributed by atoms with van der Waals surface area (Å²) >= 11 is 0. The van der Waals surface area contributed by atoms with Crippen LogP contribution in [0.5, 0.6) is 0 Å². The van der Waals surface area contributed by atoms with Crippen LogP contribution in [0, 0.1) is 0 Å². The molecule has 0 aromatic heterocycles. The lowest BCUT2D eigenvalue weighted by Crippen LogP contribution is -2.22. The number of rotatable bonds is 9. The van der Waals surface area contributed by atoms with E-state index in [0.29, 0.717) is 0 Å². The molecular formula is C15H25NO2. The smallest absolute Gasteiger partial charge is 0.0802 e. The Morgan fingerprint density at radius 2 is 1.78 bits per heavy atom. The van der Waals surface area contributed by atoms with Gasteiger partial charge in [0, 0.05) is 13.2 Å². The van der Waals surface area contributed by atoms with Crippen molar-refractivity contribution in [2.24, 2.45) is 0 Å². The summed E-state index contributed by atoms with van der Waals surface area (Å²) in [6.45, 7) is 2.22. The third kappa shape index (κ3) is 6.15. The van der Waals surface area contributed by atoms with Crippen LogP contribution >= 0.6 is 0 Å². The molecule has 0 saturated heterocycles. The molecule has 0 aliphatic rings. The quantitative estimate of drug-likeness (QED) is 0.661. The molecule has 3 nitrogen and oxygen atoms in total. The van der Waals surface area contributed by atoms with E-state index < -0.39 is 0 Å². The normalized spacial score (nSPS) is 12.9. The van der Waals surface area contributed by atoms with Gasteiger partial charge in [-0.1, -0.05) is 30.3 Å². The molecule has 0 bridgehead atoms. The Balaban J connectivity index is 2.16. The Bertz CT molecular complexity index is 303. The van der Waals surface area contributed by atoms with E-state index in [0.717, 1.165) is 44.3 Å². The Labute approximate surface area is 110 Å². The maximum Gasteiger partial charge on any atom is 0.0802 e. The first-order valence-corrected chi connectivity index (χ1v) is 6.76. The average molecular weight is 251 g/mol. The highest BCUT2D eigenvalue weighted by Gasteiger charge is 2.08. The van der Waals surface area contributed by atoms with Gasteiger partial charge in [0.1, 0.15) is 0 Å². The van der Waals surface area contributed by atoms with Gasteiger partial charge in [-0.25, -0.2) is 0 Å². The zero-order valence-electron chi connectivity index (χ0n) is 11.3. The van der Waals surface area contributed by atoms with Gasteiger partial charge in [0.2, 0.25) is 0 Å². The zero-order valence-corrected chi connectivity index (χ0v) is 11.3. The molecule has 0 spiro atoms. The average Bonchev–Trinajstić information content (AvgIpc) is 2.42. The Hall–Kier alpha value is -0.900. The fourth-order valence-corrected chi connectivity index (χ4v) is 1.97. The fourth-order valence-electron chi connectivity index (χ4n) is 1.97. The first-order chi connectivity index (χ1) is 8.74. The number of unbranched alkanes of at least 4 members (excludes halogenated alkanes) is 2. The Morgan fingerprint density at radius 3 is 2.44 bits per heavy atom. The number of benzene rings is 1. The van der Waals surface area contributed by atoms with Crippen molar-refractivity contribution in [3.05, 3.63) is 35.9 Å². The SMILES string of the molecule is CN(CCCCCO)CCC(O)c1ccccc1. The van der Waals surface area contributed by atoms with E-state index in [-0.39, 0.29) is 12.7 Å². The van der Waals surface area contributed by atoms with Crippen molar-refractivity contribution in [1.29, 1.82) is 0 Å². The van der Waals surface area contributed by atoms with Crippen LogP contribution in [0.25, 0.3) is 0 Å². The first kappa shape index (κ1) is 15.2. The van der Waals surface area contributed by atoms with Crippen LogP contribution in [-0.2, 0) is 0 Å². The summed E-state index contributed by atoms with van der Waals surface area (Å²) in [7, 11) is 2.08. The van der Waals surface area contributed by atoms with E-state index >= 15 is 0 Å². The van der Waals surface area contributed by atoms with Gasteiger partial charge in [0.25, 0.3) is 0 Å². The summed E-state index contributed by atoms with van der Waals surface area (Å²) in [5.74, 6) is 0. The van der Waals surface area contributed by atoms with Crippen LogP contribution in [-0.4, -0.2) is 41.9 Å². The van der Waals surface area contributed by atoms with Gasteiger partial charge in [0.05, 0.1) is 6.10 Å². The van der Waals surface area contributed by atoms with Gasteiger partial charge >= 0.3 is 0 Å². The van der Waals surface area contributed by atoms with Crippen LogP contribution in [0.4, 0.5) is 0 Å². The molecule has 18 heavy (non-hydrogen) atoms. The standard InChI is InChI=1S/C15H25NO2/c1-16(11-6-3-7-13-17)12-10-15(18)14-8-4-2-5-9-14/h2,4-5,8-9,15,17-18H,3,6-7,10-13H2,1H3. The Kier molecular flexibility index (Phi) is 7.65. The second-order valence-electron chi connectivity index (χ2n) is 4.80. The second-order valence-corrected chi connectivity index (χ2v) is 4.80. The minimum atomic E-state index is -0.369. The lowest BCUT2D eigenvalue weighted by Gasteiger charge is -2.18. The molecule has 0 aliphatic carbocycles. The van der Waals surface area contributed by atoms with Crippen molar-refractivity contribution < 1.29 is 10.2 Å². The van der Waals surface area contributed by atoms with Crippen LogP contribution in [0.3, 0.4) is 0 Å². The topological polar surface area (TPSA) is 43.7 Å². The van der Waals surface area contributed by atoms with Gasteiger partial charge in [-0.2, -0.15) is 0 Å². The molecule has 0 saturated carbocycles. The van der Waals surface area contributed by atoms with Crippen molar-refractivity contribution in [3.63, 3.8) is 0 Å². The van der Waals surface area contributed by atoms with Crippen LogP contribution in [0.15, 0.2) is 30.3 Å². The lowest BCUT2D eigenvalue weighted by molar-refractivity contribution is 0.148. The number of nitrogens with zero attached hydrogens (tertiary/aromatic N) is 1. The third-order valence-electron chi connectivity index (χ3n) is 3.17. The second kappa shape index (κ2) is 9.09. The van der Waals surface area contributed by atoms with Crippen molar-refractivity contribution in [3.8, 4) is 0 Å². The van der Waals surface area contributed by atoms with Crippen LogP contribution in [0.2, 0.25) is 0 Å². The van der Waals surface area contributed by atoms with Gasteiger partial charge in [-0.3, -0.25) is 0 Å². The summed E-state index contributed by atoms with van der Waals surface area (Å²) in [6.07, 6.45) is 3.47. The monoisotopic (exact) mass is 251 g/mol. The minimum Gasteiger partial charge on any atom is -0.396 e. The maximum absolute atomic E-state index is 10.0. The van der Waals surface area contributed by atoms with E-state index in [4.69, 9.17) is 5.11 Å². The number of hydrogen-bond acceptors (Lipinski definition) is 3. The molecule has 1 aromatic carbocycles. The predicted octanol–water partition coefficient (Wildman–Crippen LogP) is 2.20. The molecule has 1 atom stereocenters. The molecular weight excluding hydrogens is 226 g/mol. The highest BCUT2D eigenvalue weighted by molar-refractivity contribution is 5.17. The molecule has 0 radical (unpaired) electrons. The van der Waals surface area contributed by atoms with Gasteiger partial charge in [-0.15, -0.1) is 0 Å². The first-order valence-electron chi connectivity index (χ1n) is 6.76. The van der Waals surface area contributed by atoms with E-state index in [1.807, 2.05) is 30.3 Å². The molecule has 3 heteroatoms. The summed E-state index contributed by atoms with van der Waals surface area (Å²) in [4.78, 5) is 2.24. The molecule has 102 valence electrons. The summed E-state index contributed by atoms with van der Waals surface area (Å²) in [5.41, 5.74) is 0.992. The summed E-state index contributed by atoms with van der Waals surface area (Å²) in [5, 5.41) is 18.7. The maximum atomic E-state index is 10.0. The largest absolute Gasteiger partial charge is 0.396 e. The zero-order chi connectivity index (χ0) is 13.2. The highest BCUT2D eigenvalue weighted by atomic mass is 16.3. The summed E-state index contributed by atoms with van der Waals surface area (Å²) in [6, 6.07) is 9.80. The van der Waals surface area contributed by atoms with E-state index in [1.54, 1.807) is 0 Å². The molecule has 1 aromatic rings. The van der Waals surface area contributed by atoms with Gasteiger partial charge in [-0.05, 0) is 44.8 Å². The molecule has 0 amide bonds. The van der Waals surface area contributed by atoms with Gasteiger partial charge < -0.3 is 15.1 Å². The van der Waals surface area contributed by atoms with Crippen LogP contribution < -0.4 is 0 Å². The fraction of sp³-hybridized carbons (Fsp3) is 0.600. The molecule has 0 fully saturated rings. The van der Waals surface area contributed by atoms with Crippen molar-refractivity contribution in [2.75, 3.05) is 26.7 Å². The van der Waals surface area contributed by atoms with Gasteiger partial charge in [0.15, 0.2) is 0 Å².